The molecule has 2 aromatic rings. The smallest absolute Gasteiger partial charge is 0.306 e. The first kappa shape index (κ1) is 14.5. The van der Waals surface area contributed by atoms with Crippen molar-refractivity contribution in [3.63, 3.8) is 0 Å². The predicted molar refractivity (Wildman–Crippen MR) is 77.8 cm³/mol. The minimum atomic E-state index is -0.172. The van der Waals surface area contributed by atoms with Gasteiger partial charge < -0.3 is 15.0 Å². The number of esters is 1. The van der Waals surface area contributed by atoms with E-state index in [1.54, 1.807) is 17.7 Å². The molecule has 0 atom stereocenters. The molecular formula is C13H18N4O2S. The number of imidazole rings is 1. The predicted octanol–water partition coefficient (Wildman–Crippen LogP) is 2.02. The number of aryl methyl sites for hydroxylation is 1. The Kier molecular flexibility index (Phi) is 5.55. The maximum Gasteiger partial charge on any atom is 0.306 e. The van der Waals surface area contributed by atoms with Crippen LogP contribution in [0.5, 0.6) is 0 Å². The second-order valence-electron chi connectivity index (χ2n) is 4.20. The third kappa shape index (κ3) is 4.65. The van der Waals surface area contributed by atoms with Gasteiger partial charge in [0, 0.05) is 36.7 Å². The minimum absolute atomic E-state index is 0.172. The summed E-state index contributed by atoms with van der Waals surface area (Å²) in [4.78, 5) is 22.7. The van der Waals surface area contributed by atoms with Crippen molar-refractivity contribution in [2.75, 3.05) is 18.5 Å². The standard InChI is InChI=1S/C13H18N4O2S/c1-2-19-12(18)4-3-11-8-20-13(17-11)15-6-5-10-7-14-9-16-10/h7-9H,2-6H2,1H3,(H,14,16)(H,15,17). The van der Waals surface area contributed by atoms with Crippen molar-refractivity contribution in [2.45, 2.75) is 26.2 Å². The zero-order valence-electron chi connectivity index (χ0n) is 11.4. The normalized spacial score (nSPS) is 10.4. The van der Waals surface area contributed by atoms with E-state index in [9.17, 15) is 4.79 Å². The largest absolute Gasteiger partial charge is 0.466 e. The van der Waals surface area contributed by atoms with Gasteiger partial charge in [0.1, 0.15) is 0 Å². The Hall–Kier alpha value is -1.89. The number of carbonyl (C=O) groups is 1. The molecule has 0 saturated heterocycles. The zero-order valence-corrected chi connectivity index (χ0v) is 12.2. The van der Waals surface area contributed by atoms with Gasteiger partial charge >= 0.3 is 5.97 Å². The van der Waals surface area contributed by atoms with Crippen LogP contribution in [0.4, 0.5) is 5.13 Å². The zero-order chi connectivity index (χ0) is 14.2. The summed E-state index contributed by atoms with van der Waals surface area (Å²) in [5.74, 6) is -0.172. The van der Waals surface area contributed by atoms with Crippen molar-refractivity contribution in [2.24, 2.45) is 0 Å². The highest BCUT2D eigenvalue weighted by atomic mass is 32.1. The van der Waals surface area contributed by atoms with Gasteiger partial charge in [-0.2, -0.15) is 0 Å². The van der Waals surface area contributed by atoms with Crippen molar-refractivity contribution >= 4 is 22.4 Å². The summed E-state index contributed by atoms with van der Waals surface area (Å²) >= 11 is 1.55. The molecule has 0 aliphatic rings. The van der Waals surface area contributed by atoms with E-state index in [1.165, 1.54) is 0 Å². The first-order valence-corrected chi connectivity index (χ1v) is 7.47. The summed E-state index contributed by atoms with van der Waals surface area (Å²) in [6.45, 7) is 3.03. The average Bonchev–Trinajstić information content (AvgIpc) is 3.08. The van der Waals surface area contributed by atoms with E-state index >= 15 is 0 Å². The number of rotatable bonds is 8. The number of H-pyrrole nitrogens is 1. The van der Waals surface area contributed by atoms with Crippen molar-refractivity contribution < 1.29 is 9.53 Å². The van der Waals surface area contributed by atoms with Gasteiger partial charge in [0.2, 0.25) is 0 Å². The molecule has 6 nitrogen and oxygen atoms in total. The van der Waals surface area contributed by atoms with Crippen LogP contribution in [0.15, 0.2) is 17.9 Å². The molecule has 20 heavy (non-hydrogen) atoms. The van der Waals surface area contributed by atoms with Crippen LogP contribution in [0.25, 0.3) is 0 Å². The number of aromatic nitrogens is 3. The number of aromatic amines is 1. The van der Waals surface area contributed by atoms with Crippen molar-refractivity contribution in [1.82, 2.24) is 15.0 Å². The third-order valence-electron chi connectivity index (χ3n) is 2.67. The Morgan fingerprint density at radius 3 is 3.15 bits per heavy atom. The summed E-state index contributed by atoms with van der Waals surface area (Å²) in [5.41, 5.74) is 2.02. The van der Waals surface area contributed by atoms with E-state index in [-0.39, 0.29) is 5.97 Å². The molecule has 0 radical (unpaired) electrons. The van der Waals surface area contributed by atoms with Crippen LogP contribution in [0, 0.1) is 0 Å². The van der Waals surface area contributed by atoms with Crippen LogP contribution >= 0.6 is 11.3 Å². The maximum absolute atomic E-state index is 11.3. The summed E-state index contributed by atoms with van der Waals surface area (Å²) in [6, 6.07) is 0. The van der Waals surface area contributed by atoms with Crippen LogP contribution in [-0.4, -0.2) is 34.1 Å². The van der Waals surface area contributed by atoms with Gasteiger partial charge in [-0.1, -0.05) is 0 Å². The lowest BCUT2D eigenvalue weighted by Gasteiger charge is -2.01. The Morgan fingerprint density at radius 1 is 1.50 bits per heavy atom. The Labute approximate surface area is 121 Å². The van der Waals surface area contributed by atoms with Gasteiger partial charge in [0.15, 0.2) is 5.13 Å². The van der Waals surface area contributed by atoms with Gasteiger partial charge in [-0.05, 0) is 6.92 Å². The second kappa shape index (κ2) is 7.64. The molecule has 0 unspecified atom stereocenters. The maximum atomic E-state index is 11.3. The lowest BCUT2D eigenvalue weighted by molar-refractivity contribution is -0.143. The fourth-order valence-electron chi connectivity index (χ4n) is 1.69. The highest BCUT2D eigenvalue weighted by Gasteiger charge is 2.06. The number of anilines is 1. The molecule has 108 valence electrons. The van der Waals surface area contributed by atoms with Gasteiger partial charge in [0.25, 0.3) is 0 Å². The molecule has 2 N–H and O–H groups in total. The third-order valence-corrected chi connectivity index (χ3v) is 3.52. The highest BCUT2D eigenvalue weighted by Crippen LogP contribution is 2.16. The monoisotopic (exact) mass is 294 g/mol. The number of thiazole rings is 1. The fraction of sp³-hybridized carbons (Fsp3) is 0.462. The molecule has 2 rings (SSSR count). The second-order valence-corrected chi connectivity index (χ2v) is 5.06. The van der Waals surface area contributed by atoms with Gasteiger partial charge in [-0.15, -0.1) is 11.3 Å². The van der Waals surface area contributed by atoms with E-state index in [0.717, 1.165) is 29.5 Å². The van der Waals surface area contributed by atoms with Crippen LogP contribution in [-0.2, 0) is 22.4 Å². The number of hydrogen-bond acceptors (Lipinski definition) is 6. The van der Waals surface area contributed by atoms with Crippen LogP contribution < -0.4 is 5.32 Å². The molecule has 0 aliphatic carbocycles. The molecule has 2 heterocycles. The highest BCUT2D eigenvalue weighted by molar-refractivity contribution is 7.13. The molecular weight excluding hydrogens is 276 g/mol. The number of hydrogen-bond donors (Lipinski definition) is 2. The molecule has 7 heteroatoms. The molecule has 0 spiro atoms. The summed E-state index contributed by atoms with van der Waals surface area (Å²) < 4.78 is 4.89. The number of nitrogens with one attached hydrogen (secondary N) is 2. The topological polar surface area (TPSA) is 79.9 Å². The molecule has 0 fully saturated rings. The molecule has 0 aliphatic heterocycles. The number of carbonyl (C=O) groups excluding carboxylic acids is 1. The van der Waals surface area contributed by atoms with Gasteiger partial charge in [-0.25, -0.2) is 9.97 Å². The lowest BCUT2D eigenvalue weighted by atomic mass is 10.2. The average molecular weight is 294 g/mol. The number of ether oxygens (including phenoxy) is 1. The Bertz CT molecular complexity index is 524. The van der Waals surface area contributed by atoms with Crippen molar-refractivity contribution in [1.29, 1.82) is 0 Å². The van der Waals surface area contributed by atoms with Crippen molar-refractivity contribution in [3.8, 4) is 0 Å². The van der Waals surface area contributed by atoms with Gasteiger partial charge in [-0.3, -0.25) is 4.79 Å². The van der Waals surface area contributed by atoms with Crippen molar-refractivity contribution in [3.05, 3.63) is 29.3 Å². The molecule has 0 bridgehead atoms. The van der Waals surface area contributed by atoms with Crippen LogP contribution in [0.1, 0.15) is 24.7 Å². The molecule has 0 amide bonds. The van der Waals surface area contributed by atoms with E-state index in [1.807, 2.05) is 18.5 Å². The van der Waals surface area contributed by atoms with E-state index in [4.69, 9.17) is 4.74 Å². The quantitative estimate of drug-likeness (QED) is 0.728. The van der Waals surface area contributed by atoms with E-state index in [0.29, 0.717) is 19.4 Å². The van der Waals surface area contributed by atoms with E-state index in [2.05, 4.69) is 20.3 Å². The first-order chi connectivity index (χ1) is 9.78. The van der Waals surface area contributed by atoms with E-state index < -0.39 is 0 Å². The Morgan fingerprint density at radius 2 is 2.40 bits per heavy atom. The summed E-state index contributed by atoms with van der Waals surface area (Å²) in [5, 5.41) is 6.11. The minimum Gasteiger partial charge on any atom is -0.466 e. The van der Waals surface area contributed by atoms with Crippen LogP contribution in [0.2, 0.25) is 0 Å². The van der Waals surface area contributed by atoms with Gasteiger partial charge in [0.05, 0.1) is 25.0 Å². The molecule has 0 aromatic carbocycles. The summed E-state index contributed by atoms with van der Waals surface area (Å²) in [6.07, 6.45) is 5.36. The SMILES string of the molecule is CCOC(=O)CCc1csc(NCCc2cnc[nH]2)n1. The Balaban J connectivity index is 1.70. The molecule has 0 saturated carbocycles. The lowest BCUT2D eigenvalue weighted by Crippen LogP contribution is -2.06. The van der Waals surface area contributed by atoms with Crippen LogP contribution in [0.3, 0.4) is 0 Å². The fourth-order valence-corrected chi connectivity index (χ4v) is 2.47. The summed E-state index contributed by atoms with van der Waals surface area (Å²) in [7, 11) is 0. The molecule has 2 aromatic heterocycles. The first-order valence-electron chi connectivity index (χ1n) is 6.59. The number of nitrogens with zero attached hydrogens (tertiary/aromatic N) is 2.